The summed E-state index contributed by atoms with van der Waals surface area (Å²) >= 11 is 0. The molecule has 0 saturated carbocycles. The molecular weight excluding hydrogens is 352 g/mol. The van der Waals surface area contributed by atoms with Gasteiger partial charge in [0.1, 0.15) is 0 Å². The first-order chi connectivity index (χ1) is 13.2. The Balaban J connectivity index is 1.80. The van der Waals surface area contributed by atoms with E-state index in [9.17, 15) is 9.59 Å². The van der Waals surface area contributed by atoms with E-state index >= 15 is 0 Å². The number of carbonyl (C=O) groups is 2. The van der Waals surface area contributed by atoms with E-state index in [1.54, 1.807) is 0 Å². The van der Waals surface area contributed by atoms with Gasteiger partial charge in [0.25, 0.3) is 0 Å². The van der Waals surface area contributed by atoms with Crippen molar-refractivity contribution in [1.29, 1.82) is 0 Å². The molecule has 3 amide bonds. The standard InChI is InChI=1S/C22H42N4O2/c1-7-24(8-2)21(28)25-11-9-19(10-12-25)20(27)23-16-22(5,6)26-14-17(3)13-18(4)15-26/h17-19H,7-16H2,1-6H3,(H,23,27). The number of urea groups is 1. The van der Waals surface area contributed by atoms with E-state index in [2.05, 4.69) is 37.9 Å². The maximum Gasteiger partial charge on any atom is 0.319 e. The molecule has 2 atom stereocenters. The fraction of sp³-hybridized carbons (Fsp3) is 0.909. The van der Waals surface area contributed by atoms with E-state index < -0.39 is 0 Å². The van der Waals surface area contributed by atoms with Gasteiger partial charge in [-0.2, -0.15) is 0 Å². The predicted molar refractivity (Wildman–Crippen MR) is 114 cm³/mol. The number of rotatable bonds is 6. The van der Waals surface area contributed by atoms with E-state index in [1.807, 2.05) is 23.6 Å². The molecule has 6 nitrogen and oxygen atoms in total. The summed E-state index contributed by atoms with van der Waals surface area (Å²) in [7, 11) is 0. The Labute approximate surface area is 172 Å². The third kappa shape index (κ3) is 5.85. The summed E-state index contributed by atoms with van der Waals surface area (Å²) in [6, 6.07) is 0.110. The highest BCUT2D eigenvalue weighted by Gasteiger charge is 2.34. The number of likely N-dealkylation sites (tertiary alicyclic amines) is 2. The van der Waals surface area contributed by atoms with Crippen LogP contribution in [0.5, 0.6) is 0 Å². The lowest BCUT2D eigenvalue weighted by atomic mass is 9.87. The molecule has 0 aromatic heterocycles. The van der Waals surface area contributed by atoms with Crippen LogP contribution in [-0.2, 0) is 4.79 Å². The third-order valence-corrected chi connectivity index (χ3v) is 6.59. The molecule has 0 aliphatic carbocycles. The molecule has 2 aliphatic rings. The number of amides is 3. The van der Waals surface area contributed by atoms with Crippen LogP contribution in [0.1, 0.15) is 60.8 Å². The first-order valence-corrected chi connectivity index (χ1v) is 11.2. The fourth-order valence-electron chi connectivity index (χ4n) is 4.74. The first-order valence-electron chi connectivity index (χ1n) is 11.2. The number of piperidine rings is 2. The van der Waals surface area contributed by atoms with Crippen molar-refractivity contribution in [2.24, 2.45) is 17.8 Å². The highest BCUT2D eigenvalue weighted by Crippen LogP contribution is 2.27. The maximum absolute atomic E-state index is 12.7. The van der Waals surface area contributed by atoms with Crippen LogP contribution in [0.3, 0.4) is 0 Å². The number of nitrogens with one attached hydrogen (secondary N) is 1. The summed E-state index contributed by atoms with van der Waals surface area (Å²) in [5, 5.41) is 3.21. The van der Waals surface area contributed by atoms with Crippen LogP contribution in [0.15, 0.2) is 0 Å². The van der Waals surface area contributed by atoms with Gasteiger partial charge in [-0.25, -0.2) is 4.79 Å². The molecule has 162 valence electrons. The van der Waals surface area contributed by atoms with E-state index in [-0.39, 0.29) is 23.4 Å². The minimum Gasteiger partial charge on any atom is -0.354 e. The second-order valence-corrected chi connectivity index (χ2v) is 9.60. The van der Waals surface area contributed by atoms with Crippen LogP contribution < -0.4 is 5.32 Å². The van der Waals surface area contributed by atoms with Crippen LogP contribution >= 0.6 is 0 Å². The van der Waals surface area contributed by atoms with Crippen molar-refractivity contribution in [3.05, 3.63) is 0 Å². The van der Waals surface area contributed by atoms with Crippen molar-refractivity contribution in [1.82, 2.24) is 20.0 Å². The Kier molecular flexibility index (Phi) is 8.17. The van der Waals surface area contributed by atoms with Crippen molar-refractivity contribution in [2.45, 2.75) is 66.3 Å². The quantitative estimate of drug-likeness (QED) is 0.753. The van der Waals surface area contributed by atoms with E-state index in [4.69, 9.17) is 0 Å². The van der Waals surface area contributed by atoms with E-state index in [1.165, 1.54) is 6.42 Å². The van der Waals surface area contributed by atoms with Gasteiger partial charge < -0.3 is 15.1 Å². The summed E-state index contributed by atoms with van der Waals surface area (Å²) < 4.78 is 0. The smallest absolute Gasteiger partial charge is 0.319 e. The van der Waals surface area contributed by atoms with Crippen LogP contribution in [0.25, 0.3) is 0 Å². The van der Waals surface area contributed by atoms with Gasteiger partial charge in [-0.15, -0.1) is 0 Å². The van der Waals surface area contributed by atoms with Gasteiger partial charge in [0.15, 0.2) is 0 Å². The summed E-state index contributed by atoms with van der Waals surface area (Å²) in [5.41, 5.74) is -0.0297. The molecule has 0 bridgehead atoms. The van der Waals surface area contributed by atoms with E-state index in [0.29, 0.717) is 31.5 Å². The first kappa shape index (κ1) is 23.0. The molecule has 1 N–H and O–H groups in total. The number of nitrogens with zero attached hydrogens (tertiary/aromatic N) is 3. The molecule has 0 aromatic carbocycles. The Bertz CT molecular complexity index is 515. The molecule has 2 rings (SSSR count). The normalized spacial score (nSPS) is 24.9. The molecule has 28 heavy (non-hydrogen) atoms. The Morgan fingerprint density at radius 3 is 2.07 bits per heavy atom. The van der Waals surface area contributed by atoms with E-state index in [0.717, 1.165) is 39.0 Å². The number of carbonyl (C=O) groups excluding carboxylic acids is 2. The minimum atomic E-state index is -0.0297. The lowest BCUT2D eigenvalue weighted by Crippen LogP contribution is -2.57. The average molecular weight is 395 g/mol. The second-order valence-electron chi connectivity index (χ2n) is 9.60. The largest absolute Gasteiger partial charge is 0.354 e. The molecule has 0 spiro atoms. The Hall–Kier alpha value is -1.30. The summed E-state index contributed by atoms with van der Waals surface area (Å²) in [5.74, 6) is 1.61. The van der Waals surface area contributed by atoms with Gasteiger partial charge >= 0.3 is 6.03 Å². The number of hydrogen-bond donors (Lipinski definition) is 1. The predicted octanol–water partition coefficient (Wildman–Crippen LogP) is 3.03. The zero-order valence-corrected chi connectivity index (χ0v) is 19.0. The van der Waals surface area contributed by atoms with Crippen LogP contribution in [0, 0.1) is 17.8 Å². The SMILES string of the molecule is CCN(CC)C(=O)N1CCC(C(=O)NCC(C)(C)N2CC(C)CC(C)C2)CC1. The minimum absolute atomic E-state index is 0.0238. The highest BCUT2D eigenvalue weighted by atomic mass is 16.2. The molecule has 2 aliphatic heterocycles. The molecule has 0 radical (unpaired) electrons. The van der Waals surface area contributed by atoms with Crippen LogP contribution in [0.2, 0.25) is 0 Å². The number of hydrogen-bond acceptors (Lipinski definition) is 3. The van der Waals surface area contributed by atoms with Gasteiger partial charge in [0, 0.05) is 57.3 Å². The van der Waals surface area contributed by atoms with Crippen molar-refractivity contribution in [3.8, 4) is 0 Å². The van der Waals surface area contributed by atoms with Crippen molar-refractivity contribution < 1.29 is 9.59 Å². The fourth-order valence-corrected chi connectivity index (χ4v) is 4.74. The third-order valence-electron chi connectivity index (χ3n) is 6.59. The van der Waals surface area contributed by atoms with Gasteiger partial charge in [-0.3, -0.25) is 9.69 Å². The molecular formula is C22H42N4O2. The van der Waals surface area contributed by atoms with Crippen molar-refractivity contribution in [2.75, 3.05) is 45.8 Å². The molecule has 6 heteroatoms. The highest BCUT2D eigenvalue weighted by molar-refractivity contribution is 5.79. The van der Waals surface area contributed by atoms with Crippen molar-refractivity contribution >= 4 is 11.9 Å². The van der Waals surface area contributed by atoms with Crippen LogP contribution in [0.4, 0.5) is 4.79 Å². The molecule has 0 aromatic rings. The Morgan fingerprint density at radius 2 is 1.57 bits per heavy atom. The van der Waals surface area contributed by atoms with Crippen molar-refractivity contribution in [3.63, 3.8) is 0 Å². The lowest BCUT2D eigenvalue weighted by molar-refractivity contribution is -0.127. The average Bonchev–Trinajstić information content (AvgIpc) is 2.66. The molecule has 2 heterocycles. The van der Waals surface area contributed by atoms with Gasteiger partial charge in [-0.1, -0.05) is 13.8 Å². The zero-order valence-electron chi connectivity index (χ0n) is 19.0. The summed E-state index contributed by atoms with van der Waals surface area (Å²) in [6.07, 6.45) is 2.82. The topological polar surface area (TPSA) is 55.9 Å². The lowest BCUT2D eigenvalue weighted by Gasteiger charge is -2.45. The van der Waals surface area contributed by atoms with Gasteiger partial charge in [0.05, 0.1) is 0 Å². The molecule has 2 saturated heterocycles. The monoisotopic (exact) mass is 394 g/mol. The maximum atomic E-state index is 12.7. The zero-order chi connectivity index (χ0) is 20.9. The summed E-state index contributed by atoms with van der Waals surface area (Å²) in [4.78, 5) is 31.5. The van der Waals surface area contributed by atoms with Gasteiger partial charge in [0.2, 0.25) is 5.91 Å². The molecule has 2 unspecified atom stereocenters. The van der Waals surface area contributed by atoms with Gasteiger partial charge in [-0.05, 0) is 58.8 Å². The summed E-state index contributed by atoms with van der Waals surface area (Å²) in [6.45, 7) is 18.9. The Morgan fingerprint density at radius 1 is 1.04 bits per heavy atom. The molecule has 2 fully saturated rings. The second kappa shape index (κ2) is 9.95. The van der Waals surface area contributed by atoms with Crippen LogP contribution in [-0.4, -0.2) is 78.0 Å².